The van der Waals surface area contributed by atoms with E-state index in [0.717, 1.165) is 0 Å². The molecule has 0 atom stereocenters. The average molecular weight is 436 g/mol. The predicted octanol–water partition coefficient (Wildman–Crippen LogP) is 1.81. The van der Waals surface area contributed by atoms with Gasteiger partial charge in [-0.1, -0.05) is 5.21 Å². The summed E-state index contributed by atoms with van der Waals surface area (Å²) >= 11 is 0. The van der Waals surface area contributed by atoms with Crippen LogP contribution in [0.1, 0.15) is 0 Å². The predicted molar refractivity (Wildman–Crippen MR) is 103 cm³/mol. The maximum absolute atomic E-state index is 11.1. The fraction of sp³-hybridized carbons (Fsp3) is 0.222. The minimum absolute atomic E-state index is 0.0741. The van der Waals surface area contributed by atoms with Crippen LogP contribution in [0.15, 0.2) is 36.5 Å². The Bertz CT molecular complexity index is 1130. The zero-order chi connectivity index (χ0) is 21.9. The van der Waals surface area contributed by atoms with E-state index < -0.39 is 10.4 Å². The average Bonchev–Trinajstić information content (AvgIpc) is 3.21. The van der Waals surface area contributed by atoms with Crippen molar-refractivity contribution in [2.24, 2.45) is 0 Å². The van der Waals surface area contributed by atoms with Crippen molar-refractivity contribution in [2.75, 3.05) is 28.4 Å². The SMILES string of the molecule is COc1ccc(-c2cnnn2-c2cc(OC)c(OC)c(OC)c2)cc1OS(=O)(=O)[O-]. The Kier molecular flexibility index (Phi) is 5.99. The summed E-state index contributed by atoms with van der Waals surface area (Å²) in [7, 11) is 0.784. The second-order valence-corrected chi connectivity index (χ2v) is 6.75. The number of hydrogen-bond donors (Lipinski definition) is 0. The van der Waals surface area contributed by atoms with Crippen LogP contribution in [0.4, 0.5) is 0 Å². The Labute approximate surface area is 172 Å². The molecular weight excluding hydrogens is 418 g/mol. The summed E-state index contributed by atoms with van der Waals surface area (Å²) < 4.78 is 60.2. The number of rotatable bonds is 8. The molecule has 30 heavy (non-hydrogen) atoms. The number of nitrogens with zero attached hydrogens (tertiary/aromatic N) is 3. The first kappa shape index (κ1) is 21.2. The molecular formula is C18H18N3O8S-. The Morgan fingerprint density at radius 1 is 0.867 bits per heavy atom. The summed E-state index contributed by atoms with van der Waals surface area (Å²) in [5, 5.41) is 8.00. The highest BCUT2D eigenvalue weighted by Gasteiger charge is 2.18. The molecule has 0 amide bonds. The topological polar surface area (TPSA) is 134 Å². The van der Waals surface area contributed by atoms with Gasteiger partial charge in [0.2, 0.25) is 5.75 Å². The molecule has 0 fully saturated rings. The van der Waals surface area contributed by atoms with Gasteiger partial charge in [0.1, 0.15) is 0 Å². The van der Waals surface area contributed by atoms with Crippen LogP contribution < -0.4 is 23.1 Å². The lowest BCUT2D eigenvalue weighted by Crippen LogP contribution is -2.08. The van der Waals surface area contributed by atoms with Gasteiger partial charge in [-0.2, -0.15) is 0 Å². The van der Waals surface area contributed by atoms with Crippen molar-refractivity contribution in [3.8, 4) is 45.7 Å². The highest BCUT2D eigenvalue weighted by molar-refractivity contribution is 7.81. The first-order valence-electron chi connectivity index (χ1n) is 8.36. The van der Waals surface area contributed by atoms with E-state index in [4.69, 9.17) is 18.9 Å². The van der Waals surface area contributed by atoms with Crippen LogP contribution in [0.3, 0.4) is 0 Å². The molecule has 0 spiro atoms. The molecule has 0 N–H and O–H groups in total. The van der Waals surface area contributed by atoms with Crippen LogP contribution >= 0.6 is 0 Å². The quantitative estimate of drug-likeness (QED) is 0.380. The molecule has 12 heteroatoms. The van der Waals surface area contributed by atoms with Crippen molar-refractivity contribution in [3.05, 3.63) is 36.5 Å². The summed E-state index contributed by atoms with van der Waals surface area (Å²) in [4.78, 5) is 0. The first-order valence-corrected chi connectivity index (χ1v) is 9.69. The molecule has 0 aliphatic rings. The fourth-order valence-corrected chi connectivity index (χ4v) is 3.17. The van der Waals surface area contributed by atoms with E-state index in [2.05, 4.69) is 14.5 Å². The molecule has 11 nitrogen and oxygen atoms in total. The van der Waals surface area contributed by atoms with Crippen LogP contribution in [0.2, 0.25) is 0 Å². The van der Waals surface area contributed by atoms with Crippen molar-refractivity contribution in [1.29, 1.82) is 0 Å². The van der Waals surface area contributed by atoms with E-state index >= 15 is 0 Å². The van der Waals surface area contributed by atoms with E-state index in [9.17, 15) is 13.0 Å². The third-order valence-electron chi connectivity index (χ3n) is 4.09. The highest BCUT2D eigenvalue weighted by Crippen LogP contribution is 2.40. The lowest BCUT2D eigenvalue weighted by atomic mass is 10.1. The summed E-state index contributed by atoms with van der Waals surface area (Å²) in [6.45, 7) is 0. The van der Waals surface area contributed by atoms with Crippen molar-refractivity contribution < 1.29 is 36.1 Å². The van der Waals surface area contributed by atoms with Crippen molar-refractivity contribution in [1.82, 2.24) is 15.0 Å². The Morgan fingerprint density at radius 3 is 2.03 bits per heavy atom. The van der Waals surface area contributed by atoms with Crippen LogP contribution in [0.5, 0.6) is 28.7 Å². The van der Waals surface area contributed by atoms with Gasteiger partial charge in [0.05, 0.1) is 46.0 Å². The minimum Gasteiger partial charge on any atom is -0.716 e. The maximum Gasteiger partial charge on any atom is 0.262 e. The van der Waals surface area contributed by atoms with Crippen LogP contribution in [-0.2, 0) is 10.4 Å². The molecule has 0 saturated carbocycles. The smallest absolute Gasteiger partial charge is 0.262 e. The van der Waals surface area contributed by atoms with Gasteiger partial charge in [-0.25, -0.2) is 13.1 Å². The summed E-state index contributed by atoms with van der Waals surface area (Å²) in [6, 6.07) is 7.77. The lowest BCUT2D eigenvalue weighted by molar-refractivity contribution is 0.324. The van der Waals surface area contributed by atoms with E-state index in [-0.39, 0.29) is 11.5 Å². The fourth-order valence-electron chi connectivity index (χ4n) is 2.82. The Morgan fingerprint density at radius 2 is 1.50 bits per heavy atom. The van der Waals surface area contributed by atoms with Crippen LogP contribution in [-0.4, -0.2) is 56.4 Å². The molecule has 1 heterocycles. The van der Waals surface area contributed by atoms with Crippen molar-refractivity contribution in [3.63, 3.8) is 0 Å². The number of hydrogen-bond acceptors (Lipinski definition) is 10. The van der Waals surface area contributed by atoms with Gasteiger partial charge in [-0.05, 0) is 18.2 Å². The summed E-state index contributed by atoms with van der Waals surface area (Å²) in [6.07, 6.45) is 1.46. The molecule has 0 saturated heterocycles. The largest absolute Gasteiger partial charge is 0.716 e. The molecule has 0 aliphatic heterocycles. The van der Waals surface area contributed by atoms with Gasteiger partial charge in [0.25, 0.3) is 10.4 Å². The molecule has 0 unspecified atom stereocenters. The summed E-state index contributed by atoms with van der Waals surface area (Å²) in [5.41, 5.74) is 1.47. The van der Waals surface area contributed by atoms with E-state index in [1.807, 2.05) is 0 Å². The van der Waals surface area contributed by atoms with E-state index in [0.29, 0.717) is 34.2 Å². The van der Waals surface area contributed by atoms with Gasteiger partial charge in [-0.3, -0.25) is 0 Å². The van der Waals surface area contributed by atoms with Gasteiger partial charge in [0, 0.05) is 17.7 Å². The molecule has 160 valence electrons. The minimum atomic E-state index is -5.00. The zero-order valence-corrected chi connectivity index (χ0v) is 17.3. The lowest BCUT2D eigenvalue weighted by Gasteiger charge is -2.16. The molecule has 0 radical (unpaired) electrons. The van der Waals surface area contributed by atoms with Crippen LogP contribution in [0, 0.1) is 0 Å². The molecule has 0 aliphatic carbocycles. The van der Waals surface area contributed by atoms with Crippen LogP contribution in [0.25, 0.3) is 16.9 Å². The second kappa shape index (κ2) is 8.47. The Hall–Kier alpha value is -3.51. The molecule has 1 aromatic heterocycles. The number of ether oxygens (including phenoxy) is 4. The van der Waals surface area contributed by atoms with Crippen molar-refractivity contribution in [2.45, 2.75) is 0 Å². The monoisotopic (exact) mass is 436 g/mol. The Balaban J connectivity index is 2.14. The molecule has 2 aromatic carbocycles. The van der Waals surface area contributed by atoms with Gasteiger partial charge in [-0.15, -0.1) is 5.10 Å². The first-order chi connectivity index (χ1) is 14.3. The number of benzene rings is 2. The summed E-state index contributed by atoms with van der Waals surface area (Å²) in [5.74, 6) is 1.04. The molecule has 3 rings (SSSR count). The maximum atomic E-state index is 11.1. The molecule has 0 bridgehead atoms. The van der Waals surface area contributed by atoms with Gasteiger partial charge >= 0.3 is 0 Å². The zero-order valence-electron chi connectivity index (χ0n) is 16.5. The standard InChI is InChI=1S/C18H19N3O8S/c1-25-14-6-5-11(7-15(14)29-30(22,23)24)13-10-19-20-21(13)12-8-16(26-2)18(28-4)17(9-12)27-3/h5-10H,1-4H3,(H,22,23,24)/p-1. The van der Waals surface area contributed by atoms with E-state index in [1.165, 1.54) is 51.5 Å². The number of methoxy groups -OCH3 is 4. The second-order valence-electron chi connectivity index (χ2n) is 5.77. The van der Waals surface area contributed by atoms with Crippen molar-refractivity contribution >= 4 is 10.4 Å². The van der Waals surface area contributed by atoms with E-state index in [1.54, 1.807) is 18.2 Å². The normalized spacial score (nSPS) is 11.1. The molecule has 3 aromatic rings. The number of aromatic nitrogens is 3. The third-order valence-corrected chi connectivity index (χ3v) is 4.48. The third kappa shape index (κ3) is 4.23. The van der Waals surface area contributed by atoms with Gasteiger partial charge < -0.3 is 27.7 Å². The highest BCUT2D eigenvalue weighted by atomic mass is 32.3. The van der Waals surface area contributed by atoms with Gasteiger partial charge in [0.15, 0.2) is 23.0 Å².